The van der Waals surface area contributed by atoms with Crippen LogP contribution in [0.2, 0.25) is 0 Å². The van der Waals surface area contributed by atoms with E-state index in [1.165, 1.54) is 6.92 Å². The Balaban J connectivity index is 1.56. The fraction of sp³-hybridized carbons (Fsp3) is 0.429. The molecular formula is C21H20F3N3O2. The molecule has 29 heavy (non-hydrogen) atoms. The summed E-state index contributed by atoms with van der Waals surface area (Å²) in [4.78, 5) is 4.51. The van der Waals surface area contributed by atoms with Crippen LogP contribution in [-0.2, 0) is 11.7 Å². The van der Waals surface area contributed by atoms with Crippen molar-refractivity contribution in [1.82, 2.24) is 14.8 Å². The van der Waals surface area contributed by atoms with Gasteiger partial charge >= 0.3 is 6.18 Å². The fourth-order valence-electron chi connectivity index (χ4n) is 5.01. The Hall–Kier alpha value is -2.61. The molecule has 2 saturated carbocycles. The lowest BCUT2D eigenvalue weighted by atomic mass is 9.93. The summed E-state index contributed by atoms with van der Waals surface area (Å²) >= 11 is 0. The van der Waals surface area contributed by atoms with Crippen LogP contribution in [0.5, 0.6) is 5.75 Å². The summed E-state index contributed by atoms with van der Waals surface area (Å²) in [7, 11) is 0. The zero-order valence-corrected chi connectivity index (χ0v) is 15.8. The van der Waals surface area contributed by atoms with Gasteiger partial charge in [0.05, 0.1) is 22.4 Å². The van der Waals surface area contributed by atoms with E-state index in [9.17, 15) is 23.4 Å². The van der Waals surface area contributed by atoms with Crippen molar-refractivity contribution in [3.8, 4) is 17.0 Å². The van der Waals surface area contributed by atoms with Crippen LogP contribution in [-0.4, -0.2) is 30.6 Å². The molecule has 2 aliphatic rings. The third kappa shape index (κ3) is 2.80. The minimum Gasteiger partial charge on any atom is -0.507 e. The van der Waals surface area contributed by atoms with E-state index in [0.717, 1.165) is 43.2 Å². The number of phenolic OH excluding ortho intramolecular Hbond substituents is 1. The average molecular weight is 403 g/mol. The topological polar surface area (TPSA) is 71.2 Å². The lowest BCUT2D eigenvalue weighted by Gasteiger charge is -2.26. The van der Waals surface area contributed by atoms with Gasteiger partial charge in [-0.1, -0.05) is 0 Å². The van der Waals surface area contributed by atoms with Gasteiger partial charge in [0.15, 0.2) is 5.65 Å². The van der Waals surface area contributed by atoms with Crippen molar-refractivity contribution < 1.29 is 23.4 Å². The number of nitrogens with zero attached hydrogens (tertiary/aromatic N) is 3. The molecule has 152 valence electrons. The predicted octanol–water partition coefficient (Wildman–Crippen LogP) is 4.54. The predicted molar refractivity (Wildman–Crippen MR) is 100 cm³/mol. The molecular weight excluding hydrogens is 383 g/mol. The number of hydrogen-bond acceptors (Lipinski definition) is 4. The van der Waals surface area contributed by atoms with Crippen molar-refractivity contribution in [2.24, 2.45) is 0 Å². The summed E-state index contributed by atoms with van der Waals surface area (Å²) in [5, 5.41) is 26.2. The van der Waals surface area contributed by atoms with Gasteiger partial charge in [0.1, 0.15) is 5.75 Å². The second kappa shape index (κ2) is 5.72. The van der Waals surface area contributed by atoms with E-state index in [4.69, 9.17) is 0 Å². The zero-order chi connectivity index (χ0) is 20.6. The highest BCUT2D eigenvalue weighted by atomic mass is 19.4. The first-order chi connectivity index (χ1) is 13.6. The van der Waals surface area contributed by atoms with Gasteiger partial charge in [-0.15, -0.1) is 0 Å². The Labute approximate surface area is 164 Å². The molecule has 8 heteroatoms. The number of rotatable bonds is 2. The van der Waals surface area contributed by atoms with Crippen LogP contribution < -0.4 is 0 Å². The molecule has 0 saturated heterocycles. The molecule has 0 aliphatic heterocycles. The molecule has 5 nitrogen and oxygen atoms in total. The van der Waals surface area contributed by atoms with Crippen molar-refractivity contribution in [1.29, 1.82) is 0 Å². The lowest BCUT2D eigenvalue weighted by molar-refractivity contribution is -0.137. The number of aryl methyl sites for hydroxylation is 1. The van der Waals surface area contributed by atoms with Crippen molar-refractivity contribution in [3.63, 3.8) is 0 Å². The van der Waals surface area contributed by atoms with E-state index in [1.807, 2.05) is 16.9 Å². The van der Waals surface area contributed by atoms with Gasteiger partial charge in [-0.2, -0.15) is 18.3 Å². The molecule has 0 amide bonds. The summed E-state index contributed by atoms with van der Waals surface area (Å²) in [6.07, 6.45) is 1.33. The monoisotopic (exact) mass is 403 g/mol. The summed E-state index contributed by atoms with van der Waals surface area (Å²) in [6.45, 7) is 1.52. The first-order valence-electron chi connectivity index (χ1n) is 9.59. The average Bonchev–Trinajstić information content (AvgIpc) is 3.30. The Kier molecular flexibility index (Phi) is 3.63. The minimum atomic E-state index is -4.53. The molecule has 0 radical (unpaired) electrons. The van der Waals surface area contributed by atoms with Crippen molar-refractivity contribution in [2.75, 3.05) is 0 Å². The number of benzene rings is 1. The van der Waals surface area contributed by atoms with Crippen LogP contribution in [0.3, 0.4) is 0 Å². The SMILES string of the molecule is Cc1cc(C(F)(F)F)cc(O)c1-c1ccc2cn(C34CCC(O)(CC3)C4)nc2n1. The van der Waals surface area contributed by atoms with Crippen molar-refractivity contribution in [2.45, 2.75) is 56.3 Å². The largest absolute Gasteiger partial charge is 0.507 e. The van der Waals surface area contributed by atoms with Crippen molar-refractivity contribution in [3.05, 3.63) is 41.6 Å². The van der Waals surface area contributed by atoms with Gasteiger partial charge in [-0.05, 0) is 62.4 Å². The Bertz CT molecular complexity index is 1100. The molecule has 1 aromatic carbocycles. The number of aromatic nitrogens is 3. The molecule has 5 rings (SSSR count). The second-order valence-electron chi connectivity index (χ2n) is 8.49. The quantitative estimate of drug-likeness (QED) is 0.659. The van der Waals surface area contributed by atoms with Crippen LogP contribution in [0.1, 0.15) is 43.2 Å². The smallest absolute Gasteiger partial charge is 0.416 e. The molecule has 2 N–H and O–H groups in total. The lowest BCUT2D eigenvalue weighted by Crippen LogP contribution is -2.28. The first kappa shape index (κ1) is 18.4. The molecule has 3 aromatic rings. The van der Waals surface area contributed by atoms with Gasteiger partial charge < -0.3 is 10.2 Å². The Morgan fingerprint density at radius 3 is 2.41 bits per heavy atom. The molecule has 0 unspecified atom stereocenters. The number of halogens is 3. The fourth-order valence-corrected chi connectivity index (χ4v) is 5.01. The molecule has 0 atom stereocenters. The minimum absolute atomic E-state index is 0.192. The van der Waals surface area contributed by atoms with Gasteiger partial charge in [0.25, 0.3) is 0 Å². The summed E-state index contributed by atoms with van der Waals surface area (Å²) in [5.41, 5.74) is -0.281. The van der Waals surface area contributed by atoms with E-state index in [-0.39, 0.29) is 11.1 Å². The van der Waals surface area contributed by atoms with E-state index < -0.39 is 23.1 Å². The summed E-state index contributed by atoms with van der Waals surface area (Å²) < 4.78 is 40.9. The normalized spacial score (nSPS) is 26.5. The Morgan fingerprint density at radius 2 is 1.83 bits per heavy atom. The molecule has 0 spiro atoms. The standard InChI is InChI=1S/C21H20F3N3O2/c1-12-8-14(21(22,23)24)9-16(28)17(12)15-3-2-13-10-27(26-18(13)25-15)19-4-6-20(29,11-19)7-5-19/h2-3,8-10,28-29H,4-7,11H2,1H3. The number of pyridine rings is 1. The van der Waals surface area contributed by atoms with Crippen LogP contribution in [0.25, 0.3) is 22.3 Å². The Morgan fingerprint density at radius 1 is 1.10 bits per heavy atom. The summed E-state index contributed by atoms with van der Waals surface area (Å²) in [6, 6.07) is 5.23. The molecule has 2 heterocycles. The van der Waals surface area contributed by atoms with Crippen LogP contribution in [0.15, 0.2) is 30.5 Å². The van der Waals surface area contributed by atoms with E-state index in [1.54, 1.807) is 6.07 Å². The van der Waals surface area contributed by atoms with Gasteiger partial charge in [0, 0.05) is 23.6 Å². The summed E-state index contributed by atoms with van der Waals surface area (Å²) in [5.74, 6) is -0.459. The third-order valence-electron chi connectivity index (χ3n) is 6.52. The van der Waals surface area contributed by atoms with Crippen molar-refractivity contribution >= 4 is 11.0 Å². The number of hydrogen-bond donors (Lipinski definition) is 2. The molecule has 2 aromatic heterocycles. The third-order valence-corrected chi connectivity index (χ3v) is 6.52. The maximum absolute atomic E-state index is 13.0. The number of aromatic hydroxyl groups is 1. The van der Waals surface area contributed by atoms with Gasteiger partial charge in [0.2, 0.25) is 0 Å². The molecule has 2 fully saturated rings. The van der Waals surface area contributed by atoms with E-state index in [2.05, 4.69) is 10.1 Å². The molecule has 2 bridgehead atoms. The van der Waals surface area contributed by atoms with Crippen LogP contribution >= 0.6 is 0 Å². The number of fused-ring (bicyclic) bond motifs is 3. The maximum Gasteiger partial charge on any atom is 0.416 e. The second-order valence-corrected chi connectivity index (χ2v) is 8.49. The highest BCUT2D eigenvalue weighted by molar-refractivity contribution is 5.80. The number of aliphatic hydroxyl groups is 1. The van der Waals surface area contributed by atoms with E-state index in [0.29, 0.717) is 23.3 Å². The highest BCUT2D eigenvalue weighted by Crippen LogP contribution is 2.54. The van der Waals surface area contributed by atoms with E-state index >= 15 is 0 Å². The molecule has 2 aliphatic carbocycles. The number of alkyl halides is 3. The first-order valence-corrected chi connectivity index (χ1v) is 9.59. The zero-order valence-electron chi connectivity index (χ0n) is 15.8. The number of phenols is 1. The maximum atomic E-state index is 13.0. The van der Waals surface area contributed by atoms with Gasteiger partial charge in [-0.3, -0.25) is 4.68 Å². The highest BCUT2D eigenvalue weighted by Gasteiger charge is 2.55. The van der Waals surface area contributed by atoms with Crippen LogP contribution in [0, 0.1) is 6.92 Å². The van der Waals surface area contributed by atoms with Crippen LogP contribution in [0.4, 0.5) is 13.2 Å². The van der Waals surface area contributed by atoms with Gasteiger partial charge in [-0.25, -0.2) is 4.98 Å².